The Bertz CT molecular complexity index is 1040. The molecule has 1 aromatic carbocycles. The van der Waals surface area contributed by atoms with Gasteiger partial charge in [0.15, 0.2) is 12.4 Å². The Kier molecular flexibility index (Phi) is 5.53. The molecule has 0 N–H and O–H groups in total. The van der Waals surface area contributed by atoms with Gasteiger partial charge in [-0.25, -0.2) is 14.4 Å². The first-order chi connectivity index (χ1) is 15.5. The van der Waals surface area contributed by atoms with Crippen molar-refractivity contribution in [1.82, 2.24) is 14.9 Å². The topological polar surface area (TPSA) is 75.6 Å². The van der Waals surface area contributed by atoms with Crippen molar-refractivity contribution in [3.63, 3.8) is 0 Å². The number of benzene rings is 1. The smallest absolute Gasteiger partial charge is 0.261 e. The number of aromatic nitrogens is 2. The van der Waals surface area contributed by atoms with Gasteiger partial charge in [-0.2, -0.15) is 0 Å². The van der Waals surface area contributed by atoms with Crippen LogP contribution < -0.4 is 9.64 Å². The van der Waals surface area contributed by atoms with Crippen molar-refractivity contribution in [1.29, 1.82) is 0 Å². The van der Waals surface area contributed by atoms with E-state index in [1.807, 2.05) is 11.8 Å². The number of carbonyl (C=O) groups excluding carboxylic acids is 2. The first kappa shape index (κ1) is 20.8. The van der Waals surface area contributed by atoms with Crippen molar-refractivity contribution in [3.05, 3.63) is 47.2 Å². The number of likely N-dealkylation sites (tertiary alicyclic amines) is 1. The Morgan fingerprint density at radius 1 is 1.16 bits per heavy atom. The summed E-state index contributed by atoms with van der Waals surface area (Å²) < 4.78 is 18.7. The summed E-state index contributed by atoms with van der Waals surface area (Å²) >= 11 is 0. The van der Waals surface area contributed by atoms with Crippen LogP contribution >= 0.6 is 0 Å². The minimum Gasteiger partial charge on any atom is -0.484 e. The highest BCUT2D eigenvalue weighted by Gasteiger charge is 2.37. The molecule has 0 spiro atoms. The Morgan fingerprint density at radius 2 is 1.94 bits per heavy atom. The second-order valence-corrected chi connectivity index (χ2v) is 8.94. The average Bonchev–Trinajstić information content (AvgIpc) is 3.56. The van der Waals surface area contributed by atoms with E-state index in [2.05, 4.69) is 0 Å². The van der Waals surface area contributed by atoms with Gasteiger partial charge < -0.3 is 9.64 Å². The molecule has 168 valence electrons. The molecule has 0 radical (unpaired) electrons. The average molecular weight is 439 g/mol. The first-order valence-electron chi connectivity index (χ1n) is 11.3. The van der Waals surface area contributed by atoms with Crippen LogP contribution in [0.4, 0.5) is 10.2 Å². The van der Waals surface area contributed by atoms with Gasteiger partial charge in [0.05, 0.1) is 12.5 Å². The maximum atomic E-state index is 13.1. The second-order valence-electron chi connectivity index (χ2n) is 8.94. The zero-order chi connectivity index (χ0) is 22.2. The van der Waals surface area contributed by atoms with Crippen LogP contribution in [0.15, 0.2) is 24.3 Å². The molecule has 5 rings (SSSR count). The molecule has 3 heterocycles. The lowest BCUT2D eigenvalue weighted by Gasteiger charge is -2.35. The van der Waals surface area contributed by atoms with Crippen LogP contribution in [-0.4, -0.2) is 46.4 Å². The minimum atomic E-state index is -0.349. The van der Waals surface area contributed by atoms with E-state index in [-0.39, 0.29) is 30.3 Å². The van der Waals surface area contributed by atoms with Crippen LogP contribution in [0.1, 0.15) is 55.2 Å². The molecule has 32 heavy (non-hydrogen) atoms. The monoisotopic (exact) mass is 438 g/mol. The number of fused-ring (bicyclic) bond motifs is 1. The van der Waals surface area contributed by atoms with Crippen LogP contribution in [0, 0.1) is 18.7 Å². The van der Waals surface area contributed by atoms with Crippen LogP contribution in [0.3, 0.4) is 0 Å². The van der Waals surface area contributed by atoms with Crippen LogP contribution in [0.25, 0.3) is 0 Å². The largest absolute Gasteiger partial charge is 0.484 e. The van der Waals surface area contributed by atoms with Gasteiger partial charge >= 0.3 is 0 Å². The predicted octanol–water partition coefficient (Wildman–Crippen LogP) is 3.36. The number of hydrogen-bond donors (Lipinski definition) is 0. The third kappa shape index (κ3) is 4.18. The van der Waals surface area contributed by atoms with Crippen molar-refractivity contribution < 1.29 is 18.7 Å². The number of piperidine rings is 1. The Balaban J connectivity index is 1.36. The normalized spacial score (nSPS) is 20.4. The fourth-order valence-corrected chi connectivity index (χ4v) is 4.55. The lowest BCUT2D eigenvalue weighted by molar-refractivity contribution is -0.137. The molecule has 7 nitrogen and oxygen atoms in total. The maximum absolute atomic E-state index is 13.1. The number of rotatable bonds is 6. The van der Waals surface area contributed by atoms with Crippen molar-refractivity contribution in [2.75, 3.05) is 24.6 Å². The molecule has 3 aliphatic rings. The van der Waals surface area contributed by atoms with E-state index < -0.39 is 0 Å². The van der Waals surface area contributed by atoms with E-state index in [1.54, 1.807) is 4.90 Å². The van der Waals surface area contributed by atoms with E-state index in [9.17, 15) is 14.0 Å². The van der Waals surface area contributed by atoms with E-state index >= 15 is 0 Å². The van der Waals surface area contributed by atoms with Crippen molar-refractivity contribution >= 4 is 17.6 Å². The molecule has 0 bridgehead atoms. The van der Waals surface area contributed by atoms with Crippen molar-refractivity contribution in [2.45, 2.75) is 51.5 Å². The van der Waals surface area contributed by atoms with Crippen LogP contribution in [-0.2, 0) is 16.0 Å². The molecule has 2 fully saturated rings. The summed E-state index contributed by atoms with van der Waals surface area (Å²) in [6, 6.07) is 5.39. The lowest BCUT2D eigenvalue weighted by Crippen LogP contribution is -2.42. The summed E-state index contributed by atoms with van der Waals surface area (Å²) in [5.41, 5.74) is 1.73. The van der Waals surface area contributed by atoms with Gasteiger partial charge in [-0.1, -0.05) is 0 Å². The summed E-state index contributed by atoms with van der Waals surface area (Å²) in [7, 11) is 0. The first-order valence-corrected chi connectivity index (χ1v) is 11.3. The number of amides is 2. The molecule has 0 unspecified atom stereocenters. The highest BCUT2D eigenvalue weighted by molar-refractivity contribution is 6.00. The molecule has 1 atom stereocenters. The summed E-state index contributed by atoms with van der Waals surface area (Å²) in [4.78, 5) is 38.8. The Labute approximate surface area is 186 Å². The van der Waals surface area contributed by atoms with E-state index in [0.29, 0.717) is 30.5 Å². The zero-order valence-corrected chi connectivity index (χ0v) is 18.2. The second kappa shape index (κ2) is 8.48. The third-order valence-corrected chi connectivity index (χ3v) is 6.53. The fraction of sp³-hybridized carbons (Fsp3) is 0.500. The highest BCUT2D eigenvalue weighted by atomic mass is 19.1. The number of ether oxygens (including phenoxy) is 1. The van der Waals surface area contributed by atoms with Crippen molar-refractivity contribution in [3.8, 4) is 5.75 Å². The summed E-state index contributed by atoms with van der Waals surface area (Å²) in [5, 5.41) is 0. The summed E-state index contributed by atoms with van der Waals surface area (Å²) in [6.07, 6.45) is 5.35. The van der Waals surface area contributed by atoms with Gasteiger partial charge in [-0.15, -0.1) is 0 Å². The zero-order valence-electron chi connectivity index (χ0n) is 18.2. The summed E-state index contributed by atoms with van der Waals surface area (Å²) in [6.45, 7) is 3.13. The SMILES string of the molecule is Cc1nc([C@H]2CCCCN2C(=O)COc2ccc(F)cc2)nc2c1CC(=O)N2CC1CC1. The molecule has 8 heteroatoms. The number of halogens is 1. The molecule has 1 saturated heterocycles. The standard InChI is InChI=1S/C24H27FN4O3/c1-15-19-12-21(30)29(13-16-5-6-16)24(19)27-23(26-15)20-4-2-3-11-28(20)22(31)14-32-18-9-7-17(25)8-10-18/h7-10,16,20H,2-6,11-14H2,1H3/t20-/m1/s1. The van der Waals surface area contributed by atoms with Crippen LogP contribution in [0.5, 0.6) is 5.75 Å². The number of hydrogen-bond acceptors (Lipinski definition) is 5. The molecular weight excluding hydrogens is 411 g/mol. The number of nitrogens with zero attached hydrogens (tertiary/aromatic N) is 4. The van der Waals surface area contributed by atoms with Gasteiger partial charge in [-0.3, -0.25) is 14.5 Å². The molecule has 1 aromatic heterocycles. The molecule has 1 saturated carbocycles. The van der Waals surface area contributed by atoms with E-state index in [0.717, 1.165) is 55.7 Å². The Hall–Kier alpha value is -3.03. The minimum absolute atomic E-state index is 0.0886. The predicted molar refractivity (Wildman–Crippen MR) is 116 cm³/mol. The van der Waals surface area contributed by atoms with Gasteiger partial charge in [0.25, 0.3) is 5.91 Å². The lowest BCUT2D eigenvalue weighted by atomic mass is 10.0. The molecule has 1 aliphatic carbocycles. The fourth-order valence-electron chi connectivity index (χ4n) is 4.55. The number of carbonyl (C=O) groups is 2. The van der Waals surface area contributed by atoms with Gasteiger partial charge in [0.2, 0.25) is 5.91 Å². The highest BCUT2D eigenvalue weighted by Crippen LogP contribution is 2.37. The Morgan fingerprint density at radius 3 is 2.69 bits per heavy atom. The van der Waals surface area contributed by atoms with Crippen LogP contribution in [0.2, 0.25) is 0 Å². The van der Waals surface area contributed by atoms with E-state index in [1.165, 1.54) is 24.3 Å². The summed E-state index contributed by atoms with van der Waals surface area (Å²) in [5.74, 6) is 1.94. The van der Waals surface area contributed by atoms with Crippen molar-refractivity contribution in [2.24, 2.45) is 5.92 Å². The van der Waals surface area contributed by atoms with Gasteiger partial charge in [0.1, 0.15) is 17.4 Å². The number of anilines is 1. The molecule has 2 aromatic rings. The number of aryl methyl sites for hydroxylation is 1. The quantitative estimate of drug-likeness (QED) is 0.691. The van der Waals surface area contributed by atoms with Gasteiger partial charge in [-0.05, 0) is 69.2 Å². The molecule has 2 amide bonds. The van der Waals surface area contributed by atoms with Gasteiger partial charge in [0, 0.05) is 24.3 Å². The molecule has 2 aliphatic heterocycles. The third-order valence-electron chi connectivity index (χ3n) is 6.53. The molecular formula is C24H27FN4O3. The maximum Gasteiger partial charge on any atom is 0.261 e. The van der Waals surface area contributed by atoms with E-state index in [4.69, 9.17) is 14.7 Å².